The lowest BCUT2D eigenvalue weighted by molar-refractivity contribution is -0.167. The molecule has 0 rings (SSSR count). The van der Waals surface area contributed by atoms with Crippen molar-refractivity contribution in [2.75, 3.05) is 13.2 Å². The Hall–Kier alpha value is -1.59. The van der Waals surface area contributed by atoms with Crippen LogP contribution in [0.25, 0.3) is 0 Å². The summed E-state index contributed by atoms with van der Waals surface area (Å²) in [5, 5.41) is 0. The molecule has 0 N–H and O–H groups in total. The number of ether oxygens (including phenoxy) is 3. The lowest BCUT2D eigenvalue weighted by Crippen LogP contribution is -2.30. The topological polar surface area (TPSA) is 78.9 Å². The molecular formula is C47H90O6. The van der Waals surface area contributed by atoms with Gasteiger partial charge in [0.2, 0.25) is 0 Å². The van der Waals surface area contributed by atoms with Gasteiger partial charge >= 0.3 is 17.9 Å². The fourth-order valence-corrected chi connectivity index (χ4v) is 6.93. The second kappa shape index (κ2) is 40.1. The number of unbranched alkanes of at least 4 members (excludes halogenated alkanes) is 26. The Morgan fingerprint density at radius 3 is 0.925 bits per heavy atom. The Balaban J connectivity index is 4.32. The van der Waals surface area contributed by atoms with E-state index in [1.165, 1.54) is 141 Å². The van der Waals surface area contributed by atoms with Gasteiger partial charge in [-0.05, 0) is 31.1 Å². The molecule has 0 amide bonds. The molecule has 0 saturated carbocycles. The van der Waals surface area contributed by atoms with Crippen LogP contribution in [-0.4, -0.2) is 37.2 Å². The highest BCUT2D eigenvalue weighted by Crippen LogP contribution is 2.16. The molecule has 314 valence electrons. The number of carbonyl (C=O) groups excluding carboxylic acids is 3. The third-order valence-electron chi connectivity index (χ3n) is 10.5. The van der Waals surface area contributed by atoms with Crippen LogP contribution in [0.1, 0.15) is 253 Å². The molecule has 0 aromatic rings. The lowest BCUT2D eigenvalue weighted by Gasteiger charge is -2.18. The third-order valence-corrected chi connectivity index (χ3v) is 10.5. The molecule has 0 aromatic carbocycles. The molecule has 0 unspecified atom stereocenters. The van der Waals surface area contributed by atoms with Gasteiger partial charge < -0.3 is 14.2 Å². The normalized spacial score (nSPS) is 12.1. The van der Waals surface area contributed by atoms with Gasteiger partial charge in [-0.1, -0.05) is 214 Å². The van der Waals surface area contributed by atoms with Gasteiger partial charge in [0.15, 0.2) is 6.10 Å². The zero-order valence-corrected chi connectivity index (χ0v) is 36.1. The summed E-state index contributed by atoms with van der Waals surface area (Å²) < 4.78 is 16.7. The molecule has 0 fully saturated rings. The minimum absolute atomic E-state index is 0.0650. The largest absolute Gasteiger partial charge is 0.462 e. The molecule has 0 aliphatic heterocycles. The van der Waals surface area contributed by atoms with Crippen molar-refractivity contribution in [1.82, 2.24) is 0 Å². The van der Waals surface area contributed by atoms with Gasteiger partial charge in [-0.25, -0.2) is 0 Å². The van der Waals surface area contributed by atoms with Crippen LogP contribution in [0.5, 0.6) is 0 Å². The number of hydrogen-bond acceptors (Lipinski definition) is 6. The lowest BCUT2D eigenvalue weighted by atomic mass is 10.0. The minimum Gasteiger partial charge on any atom is -0.462 e. The molecule has 6 nitrogen and oxygen atoms in total. The van der Waals surface area contributed by atoms with Crippen LogP contribution in [0.3, 0.4) is 0 Å². The number of rotatable bonds is 41. The van der Waals surface area contributed by atoms with Crippen molar-refractivity contribution in [2.24, 2.45) is 11.8 Å². The zero-order chi connectivity index (χ0) is 39.0. The molecule has 0 saturated heterocycles. The molecule has 1 atom stereocenters. The molecule has 0 aliphatic carbocycles. The smallest absolute Gasteiger partial charge is 0.306 e. The average molecular weight is 751 g/mol. The predicted octanol–water partition coefficient (Wildman–Crippen LogP) is 14.6. The van der Waals surface area contributed by atoms with Gasteiger partial charge in [0.05, 0.1) is 0 Å². The number of esters is 3. The summed E-state index contributed by atoms with van der Waals surface area (Å²) in [4.78, 5) is 37.7. The van der Waals surface area contributed by atoms with E-state index in [2.05, 4.69) is 34.6 Å². The van der Waals surface area contributed by atoms with E-state index in [4.69, 9.17) is 14.2 Å². The maximum atomic E-state index is 12.7. The van der Waals surface area contributed by atoms with Crippen molar-refractivity contribution in [2.45, 2.75) is 259 Å². The number of carbonyl (C=O) groups is 3. The molecule has 0 spiro atoms. The Morgan fingerprint density at radius 1 is 0.358 bits per heavy atom. The monoisotopic (exact) mass is 751 g/mol. The summed E-state index contributed by atoms with van der Waals surface area (Å²) in [6.45, 7) is 11.3. The zero-order valence-electron chi connectivity index (χ0n) is 36.1. The van der Waals surface area contributed by atoms with Gasteiger partial charge in [-0.3, -0.25) is 14.4 Å². The summed E-state index contributed by atoms with van der Waals surface area (Å²) in [6, 6.07) is 0. The first-order chi connectivity index (χ1) is 25.7. The van der Waals surface area contributed by atoms with Gasteiger partial charge in [-0.2, -0.15) is 0 Å². The molecule has 0 aromatic heterocycles. The van der Waals surface area contributed by atoms with Crippen molar-refractivity contribution in [3.8, 4) is 0 Å². The van der Waals surface area contributed by atoms with E-state index in [0.717, 1.165) is 69.6 Å². The van der Waals surface area contributed by atoms with E-state index < -0.39 is 6.10 Å². The van der Waals surface area contributed by atoms with Crippen molar-refractivity contribution in [1.29, 1.82) is 0 Å². The average Bonchev–Trinajstić information content (AvgIpc) is 3.12. The first kappa shape index (κ1) is 51.4. The van der Waals surface area contributed by atoms with Gasteiger partial charge in [0.25, 0.3) is 0 Å². The van der Waals surface area contributed by atoms with Crippen LogP contribution in [0, 0.1) is 11.8 Å². The van der Waals surface area contributed by atoms with Crippen molar-refractivity contribution in [3.63, 3.8) is 0 Å². The van der Waals surface area contributed by atoms with Crippen LogP contribution in [0.2, 0.25) is 0 Å². The second-order valence-corrected chi connectivity index (χ2v) is 17.0. The Kier molecular flexibility index (Phi) is 38.9. The van der Waals surface area contributed by atoms with Crippen molar-refractivity contribution < 1.29 is 28.6 Å². The summed E-state index contributed by atoms with van der Waals surface area (Å²) in [7, 11) is 0. The van der Waals surface area contributed by atoms with Crippen molar-refractivity contribution >= 4 is 17.9 Å². The standard InChI is InChI=1S/C47H90O6/c1-6-7-8-9-10-15-22-27-32-37-45(48)51-40-44(41-52-46(49)38-33-28-23-19-14-17-21-26-31-36-43(4)5)53-47(50)39-34-29-24-18-13-11-12-16-20-25-30-35-42(2)3/h42-44H,6-41H2,1-5H3/t44-/m1/s1. The third kappa shape index (κ3) is 41.4. The predicted molar refractivity (Wildman–Crippen MR) is 224 cm³/mol. The molecule has 0 heterocycles. The first-order valence-corrected chi connectivity index (χ1v) is 23.2. The molecule has 53 heavy (non-hydrogen) atoms. The van der Waals surface area contributed by atoms with E-state index in [1.54, 1.807) is 0 Å². The van der Waals surface area contributed by atoms with Gasteiger partial charge in [0, 0.05) is 19.3 Å². The van der Waals surface area contributed by atoms with Crippen LogP contribution in [0.4, 0.5) is 0 Å². The highest BCUT2D eigenvalue weighted by Gasteiger charge is 2.19. The quantitative estimate of drug-likeness (QED) is 0.0352. The van der Waals surface area contributed by atoms with Crippen LogP contribution in [-0.2, 0) is 28.6 Å². The molecule has 0 bridgehead atoms. The Labute approximate surface area is 329 Å². The summed E-state index contributed by atoms with van der Waals surface area (Å²) in [5.41, 5.74) is 0. The maximum Gasteiger partial charge on any atom is 0.306 e. The minimum atomic E-state index is -0.760. The fraction of sp³-hybridized carbons (Fsp3) is 0.936. The Bertz CT molecular complexity index is 809. The summed E-state index contributed by atoms with van der Waals surface area (Å²) in [5.74, 6) is 0.774. The summed E-state index contributed by atoms with van der Waals surface area (Å²) >= 11 is 0. The highest BCUT2D eigenvalue weighted by atomic mass is 16.6. The van der Waals surface area contributed by atoms with Crippen molar-refractivity contribution in [3.05, 3.63) is 0 Å². The van der Waals surface area contributed by atoms with E-state index >= 15 is 0 Å². The van der Waals surface area contributed by atoms with Crippen LogP contribution >= 0.6 is 0 Å². The van der Waals surface area contributed by atoms with E-state index in [0.29, 0.717) is 19.3 Å². The fourth-order valence-electron chi connectivity index (χ4n) is 6.93. The number of hydrogen-bond donors (Lipinski definition) is 0. The maximum absolute atomic E-state index is 12.7. The van der Waals surface area contributed by atoms with E-state index in [-0.39, 0.29) is 31.1 Å². The first-order valence-electron chi connectivity index (χ1n) is 23.2. The molecule has 0 radical (unpaired) electrons. The van der Waals surface area contributed by atoms with E-state index in [9.17, 15) is 14.4 Å². The van der Waals surface area contributed by atoms with E-state index in [1.807, 2.05) is 0 Å². The SMILES string of the molecule is CCCCCCCCCCCC(=O)OC[C@H](COC(=O)CCCCCCCCCCCC(C)C)OC(=O)CCCCCCCCCCCCCC(C)C. The molecular weight excluding hydrogens is 661 g/mol. The van der Waals surface area contributed by atoms with Crippen LogP contribution in [0.15, 0.2) is 0 Å². The highest BCUT2D eigenvalue weighted by molar-refractivity contribution is 5.71. The van der Waals surface area contributed by atoms with Crippen LogP contribution < -0.4 is 0 Å². The summed E-state index contributed by atoms with van der Waals surface area (Å²) in [6.07, 6.45) is 38.0. The Morgan fingerprint density at radius 2 is 0.623 bits per heavy atom. The molecule has 6 heteroatoms. The second-order valence-electron chi connectivity index (χ2n) is 17.0. The van der Waals surface area contributed by atoms with Gasteiger partial charge in [-0.15, -0.1) is 0 Å². The van der Waals surface area contributed by atoms with Gasteiger partial charge in [0.1, 0.15) is 13.2 Å². The molecule has 0 aliphatic rings.